The van der Waals surface area contributed by atoms with Gasteiger partial charge in [-0.2, -0.15) is 0 Å². The SMILES string of the molecule is [B]c1c([B])c([B])c(-n2c(-n3c4ccccc4c4ccc(Oc5cccc(Br)c5)cc43)nc3ccccc32)c([B])c1[B]. The van der Waals surface area contributed by atoms with Crippen LogP contribution in [0.5, 0.6) is 11.5 Å². The third-order valence-corrected chi connectivity index (χ3v) is 7.81. The molecule has 0 unspecified atom stereocenters. The third kappa shape index (κ3) is 4.07. The van der Waals surface area contributed by atoms with E-state index in [4.69, 9.17) is 49.0 Å². The van der Waals surface area contributed by atoms with Crippen LogP contribution in [0.3, 0.4) is 0 Å². The van der Waals surface area contributed by atoms with E-state index in [9.17, 15) is 0 Å². The first-order valence-electron chi connectivity index (χ1n) is 12.8. The summed E-state index contributed by atoms with van der Waals surface area (Å²) in [6.45, 7) is 0. The van der Waals surface area contributed by atoms with Crippen molar-refractivity contribution in [3.05, 3.63) is 95.5 Å². The second-order valence-electron chi connectivity index (χ2n) is 9.74. The lowest BCUT2D eigenvalue weighted by molar-refractivity contribution is 0.483. The van der Waals surface area contributed by atoms with Crippen molar-refractivity contribution in [3.8, 4) is 23.1 Å². The van der Waals surface area contributed by atoms with E-state index in [-0.39, 0.29) is 27.3 Å². The predicted octanol–water partition coefficient (Wildman–Crippen LogP) is 2.65. The fraction of sp³-hybridized carbons (Fsp3) is 0. The van der Waals surface area contributed by atoms with Gasteiger partial charge in [0, 0.05) is 27.0 Å². The van der Waals surface area contributed by atoms with Gasteiger partial charge in [-0.15, -0.1) is 16.4 Å². The summed E-state index contributed by atoms with van der Waals surface area (Å²) >= 11 is 3.51. The number of hydrogen-bond acceptors (Lipinski definition) is 2. The number of aromatic nitrogens is 3. The highest BCUT2D eigenvalue weighted by Crippen LogP contribution is 2.36. The molecule has 0 bridgehead atoms. The first kappa shape index (κ1) is 25.9. The molecule has 2 heterocycles. The molecule has 10 heteroatoms. The highest BCUT2D eigenvalue weighted by Gasteiger charge is 2.23. The van der Waals surface area contributed by atoms with Gasteiger partial charge < -0.3 is 4.74 Å². The molecule has 41 heavy (non-hydrogen) atoms. The van der Waals surface area contributed by atoms with E-state index >= 15 is 0 Å². The average molecular weight is 579 g/mol. The van der Waals surface area contributed by atoms with Crippen molar-refractivity contribution in [1.82, 2.24) is 14.1 Å². The highest BCUT2D eigenvalue weighted by atomic mass is 79.9. The molecule has 0 aliphatic carbocycles. The number of imidazole rings is 1. The van der Waals surface area contributed by atoms with Gasteiger partial charge in [-0.3, -0.25) is 9.13 Å². The molecule has 2 aromatic heterocycles. The Hall–Kier alpha value is -4.03. The summed E-state index contributed by atoms with van der Waals surface area (Å²) in [5.41, 5.74) is 4.68. The Bertz CT molecular complexity index is 2140. The summed E-state index contributed by atoms with van der Waals surface area (Å²) in [6, 6.07) is 29.6. The maximum Gasteiger partial charge on any atom is 0.220 e. The molecule has 0 saturated carbocycles. The Morgan fingerprint density at radius 1 is 0.561 bits per heavy atom. The van der Waals surface area contributed by atoms with Crippen LogP contribution in [0.1, 0.15) is 0 Å². The molecule has 0 amide bonds. The summed E-state index contributed by atoms with van der Waals surface area (Å²) < 4.78 is 11.1. The van der Waals surface area contributed by atoms with Gasteiger partial charge in [-0.05, 0) is 48.5 Å². The van der Waals surface area contributed by atoms with Gasteiger partial charge in [0.2, 0.25) is 5.95 Å². The van der Waals surface area contributed by atoms with E-state index in [2.05, 4.69) is 32.6 Å². The molecule has 0 fully saturated rings. The highest BCUT2D eigenvalue weighted by molar-refractivity contribution is 9.10. The molecule has 7 rings (SSSR count). The second kappa shape index (κ2) is 9.81. The van der Waals surface area contributed by atoms with Crippen molar-refractivity contribution < 1.29 is 4.74 Å². The van der Waals surface area contributed by atoms with Crippen LogP contribution in [-0.2, 0) is 0 Å². The molecule has 0 aliphatic rings. The van der Waals surface area contributed by atoms with Gasteiger partial charge in [0.25, 0.3) is 0 Å². The van der Waals surface area contributed by atoms with Gasteiger partial charge in [-0.1, -0.05) is 63.3 Å². The summed E-state index contributed by atoms with van der Waals surface area (Å²) in [7, 11) is 31.9. The molecule has 10 radical (unpaired) electrons. The fourth-order valence-electron chi connectivity index (χ4n) is 5.36. The van der Waals surface area contributed by atoms with Crippen LogP contribution in [-0.4, -0.2) is 53.3 Å². The largest absolute Gasteiger partial charge is 0.457 e. The third-order valence-electron chi connectivity index (χ3n) is 7.31. The maximum atomic E-state index is 6.58. The smallest absolute Gasteiger partial charge is 0.220 e. The van der Waals surface area contributed by atoms with E-state index in [1.54, 1.807) is 0 Å². The number of hydrogen-bond donors (Lipinski definition) is 0. The van der Waals surface area contributed by atoms with Crippen molar-refractivity contribution in [2.24, 2.45) is 0 Å². The Morgan fingerprint density at radius 2 is 1.20 bits per heavy atom. The van der Waals surface area contributed by atoms with Crippen LogP contribution >= 0.6 is 15.9 Å². The number of halogens is 1. The minimum atomic E-state index is 0.154. The maximum absolute atomic E-state index is 6.58. The van der Waals surface area contributed by atoms with Crippen LogP contribution < -0.4 is 32.1 Å². The van der Waals surface area contributed by atoms with Crippen molar-refractivity contribution >= 4 is 115 Å². The number of benzene rings is 5. The quantitative estimate of drug-likeness (QED) is 0.301. The van der Waals surface area contributed by atoms with Crippen LogP contribution in [0.4, 0.5) is 0 Å². The van der Waals surface area contributed by atoms with Gasteiger partial charge in [0.15, 0.2) is 0 Å². The number of ether oxygens (including phenoxy) is 1. The number of rotatable bonds is 4. The van der Waals surface area contributed by atoms with Gasteiger partial charge >= 0.3 is 0 Å². The van der Waals surface area contributed by atoms with Gasteiger partial charge in [0.05, 0.1) is 22.1 Å². The molecular formula is C31H15B5BrN3O. The number of para-hydroxylation sites is 3. The molecule has 182 valence electrons. The second-order valence-corrected chi connectivity index (χ2v) is 10.7. The van der Waals surface area contributed by atoms with E-state index in [1.807, 2.05) is 83.4 Å². The number of fused-ring (bicyclic) bond motifs is 4. The van der Waals surface area contributed by atoms with Gasteiger partial charge in [-0.25, -0.2) is 4.98 Å². The van der Waals surface area contributed by atoms with Crippen molar-refractivity contribution in [2.45, 2.75) is 0 Å². The zero-order valence-electron chi connectivity index (χ0n) is 21.7. The summed E-state index contributed by atoms with van der Waals surface area (Å²) in [6.07, 6.45) is 0. The molecular weight excluding hydrogens is 564 g/mol. The summed E-state index contributed by atoms with van der Waals surface area (Å²) in [5, 5.41) is 2.07. The first-order chi connectivity index (χ1) is 19.8. The van der Waals surface area contributed by atoms with Crippen LogP contribution in [0.15, 0.2) is 95.5 Å². The van der Waals surface area contributed by atoms with E-state index in [0.29, 0.717) is 23.1 Å². The van der Waals surface area contributed by atoms with E-state index in [1.165, 1.54) is 0 Å². The molecule has 4 nitrogen and oxygen atoms in total. The first-order valence-corrected chi connectivity index (χ1v) is 13.6. The van der Waals surface area contributed by atoms with Crippen molar-refractivity contribution in [2.75, 3.05) is 0 Å². The summed E-state index contributed by atoms with van der Waals surface area (Å²) in [4.78, 5) is 5.08. The zero-order valence-corrected chi connectivity index (χ0v) is 23.3. The summed E-state index contributed by atoms with van der Waals surface area (Å²) in [5.74, 6) is 1.93. The average Bonchev–Trinajstić information content (AvgIpc) is 3.50. The molecule has 0 N–H and O–H groups in total. The van der Waals surface area contributed by atoms with E-state index < -0.39 is 0 Å². The Labute approximate surface area is 251 Å². The Morgan fingerprint density at radius 3 is 1.95 bits per heavy atom. The lowest BCUT2D eigenvalue weighted by atomic mass is 9.61. The zero-order chi connectivity index (χ0) is 28.4. The molecule has 7 aromatic rings. The molecule has 0 saturated heterocycles. The van der Waals surface area contributed by atoms with Crippen LogP contribution in [0.2, 0.25) is 0 Å². The number of nitrogens with zero attached hydrogens (tertiary/aromatic N) is 3. The molecule has 5 aromatic carbocycles. The predicted molar refractivity (Wildman–Crippen MR) is 177 cm³/mol. The lowest BCUT2D eigenvalue weighted by Crippen LogP contribution is -2.56. The lowest BCUT2D eigenvalue weighted by Gasteiger charge is -2.23. The van der Waals surface area contributed by atoms with Crippen LogP contribution in [0.25, 0.3) is 44.5 Å². The minimum Gasteiger partial charge on any atom is -0.457 e. The molecule has 0 atom stereocenters. The molecule has 0 aliphatic heterocycles. The topological polar surface area (TPSA) is 32.0 Å². The van der Waals surface area contributed by atoms with Crippen molar-refractivity contribution in [1.29, 1.82) is 0 Å². The standard InChI is InChI=1S/C31H15B5BrN3O/c32-25-26(33)28(35)30(29(36)27(25)34)40-23-11-4-2-9-21(23)38-31(40)39-22-10-3-1-8-19(22)20-13-12-18(15-24(20)39)41-17-7-5-6-16(37)14-17/h1-15H. The van der Waals surface area contributed by atoms with Crippen LogP contribution in [0, 0.1) is 0 Å². The van der Waals surface area contributed by atoms with Gasteiger partial charge in [0.1, 0.15) is 50.7 Å². The Kier molecular flexibility index (Phi) is 6.20. The fourth-order valence-corrected chi connectivity index (χ4v) is 5.73. The normalized spacial score (nSPS) is 11.5. The van der Waals surface area contributed by atoms with Crippen molar-refractivity contribution in [3.63, 3.8) is 0 Å². The molecule has 0 spiro atoms. The monoisotopic (exact) mass is 579 g/mol. The Balaban J connectivity index is 1.58. The minimum absolute atomic E-state index is 0.154. The van der Waals surface area contributed by atoms with E-state index in [0.717, 1.165) is 37.3 Å².